The van der Waals surface area contributed by atoms with Crippen LogP contribution in [0.3, 0.4) is 0 Å². The van der Waals surface area contributed by atoms with Crippen LogP contribution < -0.4 is 5.73 Å². The maximum Gasteiger partial charge on any atom is 0.408 e. The number of amides is 2. The molecule has 0 bridgehead atoms. The maximum atomic E-state index is 12.2. The van der Waals surface area contributed by atoms with Crippen molar-refractivity contribution in [2.45, 2.75) is 79.8 Å². The minimum Gasteiger partial charge on any atom is -0.465 e. The number of carbonyl (C=O) groups excluding carboxylic acids is 1. The average molecular weight is 440 g/mol. The van der Waals surface area contributed by atoms with Crippen LogP contribution in [0.5, 0.6) is 0 Å². The van der Waals surface area contributed by atoms with Crippen molar-refractivity contribution in [3.63, 3.8) is 0 Å². The number of benzene rings is 1. The number of aryl methyl sites for hydroxylation is 2. The van der Waals surface area contributed by atoms with Crippen LogP contribution in [0.15, 0.2) is 24.3 Å². The Bertz CT molecular complexity index is 973. The van der Waals surface area contributed by atoms with Crippen LogP contribution in [0.2, 0.25) is 0 Å². The Kier molecular flexibility index (Phi) is 8.05. The van der Waals surface area contributed by atoms with Crippen LogP contribution in [0.4, 0.5) is 4.79 Å². The van der Waals surface area contributed by atoms with Crippen molar-refractivity contribution < 1.29 is 14.7 Å². The highest BCUT2D eigenvalue weighted by Crippen LogP contribution is 2.35. The highest BCUT2D eigenvalue weighted by Gasteiger charge is 2.30. The van der Waals surface area contributed by atoms with Crippen LogP contribution >= 0.6 is 0 Å². The zero-order chi connectivity index (χ0) is 24.2. The SMILES string of the molecule is Cc1ccc(-c2c(CCC(N)=O)c(C)nc(CC(C)C)c2CN(C(=O)O)C(C)(C)C)cc1. The third kappa shape index (κ3) is 6.31. The van der Waals surface area contributed by atoms with Crippen LogP contribution in [0.25, 0.3) is 11.1 Å². The van der Waals surface area contributed by atoms with E-state index in [9.17, 15) is 14.7 Å². The molecule has 0 saturated carbocycles. The molecule has 6 nitrogen and oxygen atoms in total. The molecule has 1 aromatic heterocycles. The molecule has 6 heteroatoms. The van der Waals surface area contributed by atoms with E-state index in [1.165, 1.54) is 4.90 Å². The molecule has 0 aliphatic carbocycles. The first-order chi connectivity index (χ1) is 14.8. The fourth-order valence-electron chi connectivity index (χ4n) is 3.94. The third-order valence-electron chi connectivity index (χ3n) is 5.61. The lowest BCUT2D eigenvalue weighted by Gasteiger charge is -2.35. The van der Waals surface area contributed by atoms with Crippen molar-refractivity contribution in [2.75, 3.05) is 0 Å². The average Bonchev–Trinajstić information content (AvgIpc) is 2.64. The zero-order valence-electron chi connectivity index (χ0n) is 20.5. The molecule has 2 rings (SSSR count). The molecule has 1 heterocycles. The summed E-state index contributed by atoms with van der Waals surface area (Å²) < 4.78 is 0. The molecule has 0 aliphatic rings. The standard InChI is InChI=1S/C26H37N3O3/c1-16(2)14-22-21(15-29(25(31)32)26(5,6)7)24(19-10-8-17(3)9-11-19)20(18(4)28-22)12-13-23(27)30/h8-11,16H,12-15H2,1-7H3,(H2,27,30)(H,31,32). The van der Waals surface area contributed by atoms with Gasteiger partial charge >= 0.3 is 6.09 Å². The second kappa shape index (κ2) is 10.2. The molecule has 0 spiro atoms. The molecule has 32 heavy (non-hydrogen) atoms. The summed E-state index contributed by atoms with van der Waals surface area (Å²) in [4.78, 5) is 30.2. The summed E-state index contributed by atoms with van der Waals surface area (Å²) in [6.07, 6.45) is 0.450. The van der Waals surface area contributed by atoms with Gasteiger partial charge in [-0.15, -0.1) is 0 Å². The van der Waals surface area contributed by atoms with Crippen molar-refractivity contribution in [3.05, 3.63) is 52.3 Å². The van der Waals surface area contributed by atoms with Gasteiger partial charge in [0, 0.05) is 28.9 Å². The highest BCUT2D eigenvalue weighted by molar-refractivity contribution is 5.77. The normalized spacial score (nSPS) is 11.6. The fraction of sp³-hybridized carbons (Fsp3) is 0.500. The van der Waals surface area contributed by atoms with E-state index in [1.54, 1.807) is 0 Å². The molecule has 0 saturated heterocycles. The molecule has 1 aromatic carbocycles. The lowest BCUT2D eigenvalue weighted by molar-refractivity contribution is -0.117. The molecule has 2 aromatic rings. The largest absolute Gasteiger partial charge is 0.465 e. The van der Waals surface area contributed by atoms with Crippen LogP contribution in [-0.2, 0) is 24.2 Å². The van der Waals surface area contributed by atoms with Gasteiger partial charge in [0.25, 0.3) is 0 Å². The van der Waals surface area contributed by atoms with Gasteiger partial charge in [0.15, 0.2) is 0 Å². The minimum atomic E-state index is -0.970. The smallest absolute Gasteiger partial charge is 0.408 e. The number of hydrogen-bond acceptors (Lipinski definition) is 3. The molecule has 2 amide bonds. The van der Waals surface area contributed by atoms with E-state index >= 15 is 0 Å². The Morgan fingerprint density at radius 1 is 1.09 bits per heavy atom. The Morgan fingerprint density at radius 3 is 2.16 bits per heavy atom. The lowest BCUT2D eigenvalue weighted by atomic mass is 9.87. The third-order valence-corrected chi connectivity index (χ3v) is 5.61. The van der Waals surface area contributed by atoms with Gasteiger partial charge < -0.3 is 10.8 Å². The number of hydrogen-bond donors (Lipinski definition) is 2. The lowest BCUT2D eigenvalue weighted by Crippen LogP contribution is -2.44. The number of primary amides is 1. The Balaban J connectivity index is 2.85. The minimum absolute atomic E-state index is 0.215. The van der Waals surface area contributed by atoms with Crippen molar-refractivity contribution in [1.82, 2.24) is 9.88 Å². The van der Waals surface area contributed by atoms with Gasteiger partial charge in [-0.3, -0.25) is 14.7 Å². The predicted octanol–water partition coefficient (Wildman–Crippen LogP) is 5.26. The number of carbonyl (C=O) groups is 2. The number of nitrogens with zero attached hydrogens (tertiary/aromatic N) is 2. The molecule has 0 fully saturated rings. The summed E-state index contributed by atoms with van der Waals surface area (Å²) in [5, 5.41) is 9.99. The van der Waals surface area contributed by atoms with Gasteiger partial charge in [-0.25, -0.2) is 4.79 Å². The van der Waals surface area contributed by atoms with E-state index in [1.807, 2.05) is 46.8 Å². The van der Waals surface area contributed by atoms with E-state index in [2.05, 4.69) is 26.0 Å². The highest BCUT2D eigenvalue weighted by atomic mass is 16.4. The van der Waals surface area contributed by atoms with Gasteiger partial charge in [0.05, 0.1) is 6.54 Å². The molecule has 3 N–H and O–H groups in total. The number of aromatic nitrogens is 1. The summed E-state index contributed by atoms with van der Waals surface area (Å²) >= 11 is 0. The second-order valence-electron chi connectivity index (χ2n) is 9.95. The molecule has 0 radical (unpaired) electrons. The Labute approximate surface area is 191 Å². The molecular formula is C26H37N3O3. The van der Waals surface area contributed by atoms with Gasteiger partial charge in [-0.2, -0.15) is 0 Å². The molecule has 0 unspecified atom stereocenters. The van der Waals surface area contributed by atoms with Crippen molar-refractivity contribution >= 4 is 12.0 Å². The van der Waals surface area contributed by atoms with Gasteiger partial charge in [0.2, 0.25) is 5.91 Å². The van der Waals surface area contributed by atoms with Crippen LogP contribution in [0, 0.1) is 19.8 Å². The summed E-state index contributed by atoms with van der Waals surface area (Å²) in [5.41, 5.74) is 11.6. The monoisotopic (exact) mass is 439 g/mol. The van der Waals surface area contributed by atoms with Crippen LogP contribution in [0.1, 0.15) is 69.1 Å². The van der Waals surface area contributed by atoms with Crippen molar-refractivity contribution in [3.8, 4) is 11.1 Å². The van der Waals surface area contributed by atoms with E-state index in [0.717, 1.165) is 45.6 Å². The fourth-order valence-corrected chi connectivity index (χ4v) is 3.94. The first-order valence-corrected chi connectivity index (χ1v) is 11.2. The molecular weight excluding hydrogens is 402 g/mol. The number of pyridine rings is 1. The topological polar surface area (TPSA) is 96.5 Å². The molecule has 174 valence electrons. The summed E-state index contributed by atoms with van der Waals surface area (Å²) in [6, 6.07) is 8.21. The second-order valence-corrected chi connectivity index (χ2v) is 9.95. The van der Waals surface area contributed by atoms with Crippen molar-refractivity contribution in [1.29, 1.82) is 0 Å². The van der Waals surface area contributed by atoms with E-state index in [4.69, 9.17) is 10.7 Å². The number of rotatable bonds is 8. The van der Waals surface area contributed by atoms with Crippen LogP contribution in [-0.4, -0.2) is 32.5 Å². The summed E-state index contributed by atoms with van der Waals surface area (Å²) in [7, 11) is 0. The molecule has 0 atom stereocenters. The van der Waals surface area contributed by atoms with E-state index in [0.29, 0.717) is 12.3 Å². The number of nitrogens with two attached hydrogens (primary N) is 1. The molecule has 0 aliphatic heterocycles. The van der Waals surface area contributed by atoms with Crippen molar-refractivity contribution in [2.24, 2.45) is 11.7 Å². The maximum absolute atomic E-state index is 12.2. The first-order valence-electron chi connectivity index (χ1n) is 11.2. The zero-order valence-corrected chi connectivity index (χ0v) is 20.5. The quantitative estimate of drug-likeness (QED) is 0.586. The van der Waals surface area contributed by atoms with Gasteiger partial charge in [-0.05, 0) is 70.1 Å². The summed E-state index contributed by atoms with van der Waals surface area (Å²) in [6.45, 7) is 14.2. The Morgan fingerprint density at radius 2 is 1.69 bits per heavy atom. The van der Waals surface area contributed by atoms with E-state index < -0.39 is 11.6 Å². The predicted molar refractivity (Wildman–Crippen MR) is 129 cm³/mol. The summed E-state index contributed by atoms with van der Waals surface area (Å²) in [5.74, 6) is -0.00943. The number of carboxylic acid groups (broad SMARTS) is 1. The first kappa shape index (κ1) is 25.4. The van der Waals surface area contributed by atoms with Gasteiger partial charge in [0.1, 0.15) is 0 Å². The van der Waals surface area contributed by atoms with E-state index in [-0.39, 0.29) is 18.9 Å². The van der Waals surface area contributed by atoms with Gasteiger partial charge in [-0.1, -0.05) is 43.7 Å². The Hall–Kier alpha value is -2.89.